The van der Waals surface area contributed by atoms with Gasteiger partial charge in [0.2, 0.25) is 6.10 Å². The molecule has 2 atom stereocenters. The molecule has 30 heavy (non-hydrogen) atoms. The van der Waals surface area contributed by atoms with Gasteiger partial charge in [0.1, 0.15) is 23.3 Å². The van der Waals surface area contributed by atoms with Crippen molar-refractivity contribution in [2.45, 2.75) is 12.1 Å². The van der Waals surface area contributed by atoms with E-state index in [0.717, 1.165) is 17.0 Å². The lowest BCUT2D eigenvalue weighted by Crippen LogP contribution is -2.61. The van der Waals surface area contributed by atoms with Gasteiger partial charge in [-0.05, 0) is 60.2 Å². The maximum atomic E-state index is 13.1. The second kappa shape index (κ2) is 8.18. The van der Waals surface area contributed by atoms with Crippen LogP contribution in [0.4, 0.5) is 5.69 Å². The quantitative estimate of drug-likeness (QED) is 0.582. The van der Waals surface area contributed by atoms with Gasteiger partial charge in [-0.2, -0.15) is 5.26 Å². The van der Waals surface area contributed by atoms with Crippen LogP contribution in [0, 0.1) is 11.3 Å². The third-order valence-electron chi connectivity index (χ3n) is 5.08. The van der Waals surface area contributed by atoms with E-state index < -0.39 is 6.10 Å². The van der Waals surface area contributed by atoms with Crippen molar-refractivity contribution in [3.63, 3.8) is 0 Å². The lowest BCUT2D eigenvalue weighted by Gasteiger charge is -2.46. The second-order valence-corrected chi connectivity index (χ2v) is 6.80. The normalized spacial score (nSPS) is 17.6. The van der Waals surface area contributed by atoms with Crippen LogP contribution in [-0.2, 0) is 4.79 Å². The Labute approximate surface area is 174 Å². The first-order valence-corrected chi connectivity index (χ1v) is 9.42. The van der Waals surface area contributed by atoms with E-state index >= 15 is 0 Å². The molecule has 0 spiro atoms. The molecule has 0 N–H and O–H groups in total. The number of methoxy groups -OCH3 is 2. The highest BCUT2D eigenvalue weighted by Gasteiger charge is 2.51. The zero-order valence-corrected chi connectivity index (χ0v) is 16.6. The van der Waals surface area contributed by atoms with Crippen LogP contribution in [0.25, 0.3) is 0 Å². The van der Waals surface area contributed by atoms with E-state index in [1.807, 2.05) is 48.5 Å². The largest absolute Gasteiger partial charge is 0.497 e. The molecule has 1 saturated heterocycles. The van der Waals surface area contributed by atoms with Gasteiger partial charge in [-0.3, -0.25) is 9.69 Å². The van der Waals surface area contributed by atoms with Gasteiger partial charge in [0.25, 0.3) is 5.91 Å². The molecule has 0 unspecified atom stereocenters. The fourth-order valence-corrected chi connectivity index (χ4v) is 3.52. The summed E-state index contributed by atoms with van der Waals surface area (Å²) in [7, 11) is 3.21. The average Bonchev–Trinajstić information content (AvgIpc) is 2.81. The summed E-state index contributed by atoms with van der Waals surface area (Å²) in [4.78, 5) is 14.8. The van der Waals surface area contributed by atoms with Crippen molar-refractivity contribution in [3.8, 4) is 23.3 Å². The van der Waals surface area contributed by atoms with Crippen LogP contribution in [0.3, 0.4) is 0 Å². The molecule has 0 aromatic heterocycles. The Morgan fingerprint density at radius 2 is 1.50 bits per heavy atom. The third-order valence-corrected chi connectivity index (χ3v) is 5.08. The molecule has 0 aliphatic carbocycles. The summed E-state index contributed by atoms with van der Waals surface area (Å²) in [6.45, 7) is 0. The van der Waals surface area contributed by atoms with Crippen LogP contribution in [0.5, 0.6) is 17.2 Å². The highest BCUT2D eigenvalue weighted by Crippen LogP contribution is 2.42. The molecule has 0 bridgehead atoms. The second-order valence-electron chi connectivity index (χ2n) is 6.80. The topological polar surface area (TPSA) is 71.8 Å². The Kier molecular flexibility index (Phi) is 5.27. The molecule has 1 heterocycles. The van der Waals surface area contributed by atoms with Crippen molar-refractivity contribution >= 4 is 11.6 Å². The first-order valence-electron chi connectivity index (χ1n) is 9.42. The summed E-state index contributed by atoms with van der Waals surface area (Å²) >= 11 is 0. The van der Waals surface area contributed by atoms with E-state index in [-0.39, 0.29) is 11.9 Å². The number of nitriles is 1. The van der Waals surface area contributed by atoms with Crippen molar-refractivity contribution in [2.24, 2.45) is 0 Å². The maximum absolute atomic E-state index is 13.1. The lowest BCUT2D eigenvalue weighted by molar-refractivity contribution is -0.135. The average molecular weight is 400 g/mol. The molecule has 1 aliphatic heterocycles. The predicted molar refractivity (Wildman–Crippen MR) is 112 cm³/mol. The number of hydrogen-bond acceptors (Lipinski definition) is 5. The first kappa shape index (κ1) is 19.3. The predicted octanol–water partition coefficient (Wildman–Crippen LogP) is 4.11. The SMILES string of the molecule is COc1ccc([C@H]2[C@H](Oc3cccc(C#N)c3)C(=O)N2c2ccc(OC)cc2)cc1. The lowest BCUT2D eigenvalue weighted by atomic mass is 9.89. The minimum absolute atomic E-state index is 0.150. The Bertz CT molecular complexity index is 1090. The summed E-state index contributed by atoms with van der Waals surface area (Å²) in [5.41, 5.74) is 2.16. The zero-order valence-electron chi connectivity index (χ0n) is 16.6. The third kappa shape index (κ3) is 3.53. The smallest absolute Gasteiger partial charge is 0.271 e. The maximum Gasteiger partial charge on any atom is 0.271 e. The molecule has 1 amide bonds. The number of carbonyl (C=O) groups excluding carboxylic acids is 1. The molecule has 3 aromatic carbocycles. The minimum atomic E-state index is -0.700. The van der Waals surface area contributed by atoms with Crippen molar-refractivity contribution in [1.29, 1.82) is 5.26 Å². The molecule has 1 fully saturated rings. The highest BCUT2D eigenvalue weighted by atomic mass is 16.5. The fraction of sp³-hybridized carbons (Fsp3) is 0.167. The minimum Gasteiger partial charge on any atom is -0.497 e. The van der Waals surface area contributed by atoms with Crippen molar-refractivity contribution < 1.29 is 19.0 Å². The molecule has 1 aliphatic rings. The Hall–Kier alpha value is -3.98. The number of ether oxygens (including phenoxy) is 3. The van der Waals surface area contributed by atoms with Crippen molar-refractivity contribution in [2.75, 3.05) is 19.1 Å². The van der Waals surface area contributed by atoms with E-state index in [2.05, 4.69) is 6.07 Å². The van der Waals surface area contributed by atoms with Gasteiger partial charge in [-0.1, -0.05) is 18.2 Å². The van der Waals surface area contributed by atoms with E-state index in [1.54, 1.807) is 43.4 Å². The van der Waals surface area contributed by atoms with Crippen LogP contribution in [-0.4, -0.2) is 26.2 Å². The molecule has 150 valence electrons. The summed E-state index contributed by atoms with van der Waals surface area (Å²) in [5, 5.41) is 9.13. The summed E-state index contributed by atoms with van der Waals surface area (Å²) < 4.78 is 16.5. The number of carbonyl (C=O) groups is 1. The van der Waals surface area contributed by atoms with Gasteiger partial charge in [0.15, 0.2) is 0 Å². The number of amides is 1. The molecule has 6 nitrogen and oxygen atoms in total. The van der Waals surface area contributed by atoms with Gasteiger partial charge in [0, 0.05) is 5.69 Å². The number of nitrogens with zero attached hydrogens (tertiary/aromatic N) is 2. The molecule has 4 rings (SSSR count). The van der Waals surface area contributed by atoms with Crippen LogP contribution in [0.2, 0.25) is 0 Å². The van der Waals surface area contributed by atoms with E-state index in [9.17, 15) is 4.79 Å². The zero-order chi connectivity index (χ0) is 21.1. The number of rotatable bonds is 6. The first-order chi connectivity index (χ1) is 14.6. The van der Waals surface area contributed by atoms with Crippen LogP contribution in [0.15, 0.2) is 72.8 Å². The fourth-order valence-electron chi connectivity index (χ4n) is 3.52. The molecule has 0 saturated carbocycles. The van der Waals surface area contributed by atoms with Crippen LogP contribution >= 0.6 is 0 Å². The molecule has 3 aromatic rings. The van der Waals surface area contributed by atoms with E-state index in [4.69, 9.17) is 19.5 Å². The molecular formula is C24H20N2O4. The molecule has 6 heteroatoms. The monoisotopic (exact) mass is 400 g/mol. The van der Waals surface area contributed by atoms with Gasteiger partial charge in [0.05, 0.1) is 25.9 Å². The summed E-state index contributed by atoms with van der Waals surface area (Å²) in [6, 6.07) is 23.5. The van der Waals surface area contributed by atoms with Gasteiger partial charge in [-0.15, -0.1) is 0 Å². The van der Waals surface area contributed by atoms with Crippen LogP contribution in [0.1, 0.15) is 17.2 Å². The highest BCUT2D eigenvalue weighted by molar-refractivity contribution is 6.05. The number of hydrogen-bond donors (Lipinski definition) is 0. The van der Waals surface area contributed by atoms with E-state index in [1.165, 1.54) is 0 Å². The van der Waals surface area contributed by atoms with Crippen LogP contribution < -0.4 is 19.1 Å². The van der Waals surface area contributed by atoms with Gasteiger partial charge in [-0.25, -0.2) is 0 Å². The summed E-state index contributed by atoms with van der Waals surface area (Å²) in [5.74, 6) is 1.79. The molecular weight excluding hydrogens is 380 g/mol. The van der Waals surface area contributed by atoms with Gasteiger partial charge >= 0.3 is 0 Å². The number of benzene rings is 3. The Balaban J connectivity index is 1.67. The molecule has 0 radical (unpaired) electrons. The van der Waals surface area contributed by atoms with Crippen molar-refractivity contribution in [3.05, 3.63) is 83.9 Å². The number of anilines is 1. The summed E-state index contributed by atoms with van der Waals surface area (Å²) in [6.07, 6.45) is -0.700. The number of β-lactam (4-membered cyclic amide) rings is 1. The standard InChI is InChI=1S/C24H20N2O4/c1-28-19-10-6-17(7-11-19)22-23(30-21-5-3-4-16(14-21)15-25)24(27)26(22)18-8-12-20(29-2)13-9-18/h3-14,22-23H,1-2H3/t22-,23-/m0/s1. The van der Waals surface area contributed by atoms with E-state index in [0.29, 0.717) is 17.1 Å². The Morgan fingerprint density at radius 3 is 2.10 bits per heavy atom. The van der Waals surface area contributed by atoms with Gasteiger partial charge < -0.3 is 14.2 Å². The van der Waals surface area contributed by atoms with Crippen molar-refractivity contribution in [1.82, 2.24) is 0 Å². The Morgan fingerprint density at radius 1 is 0.867 bits per heavy atom.